The van der Waals surface area contributed by atoms with Gasteiger partial charge < -0.3 is 0 Å². The lowest BCUT2D eigenvalue weighted by Gasteiger charge is -2.12. The molecule has 0 aliphatic heterocycles. The van der Waals surface area contributed by atoms with Crippen LogP contribution < -0.4 is 5.56 Å². The minimum absolute atomic E-state index is 0.106. The molecule has 3 aromatic heterocycles. The van der Waals surface area contributed by atoms with Crippen LogP contribution in [-0.2, 0) is 6.54 Å². The Morgan fingerprint density at radius 2 is 1.37 bits per heavy atom. The van der Waals surface area contributed by atoms with E-state index < -0.39 is 0 Å². The molecule has 6 aromatic rings. The first-order chi connectivity index (χ1) is 16.9. The molecule has 3 aromatic carbocycles. The largest absolute Gasteiger partial charge is 0.292 e. The normalized spacial score (nSPS) is 11.7. The van der Waals surface area contributed by atoms with Gasteiger partial charge in [0.15, 0.2) is 11.3 Å². The molecular formula is C29H25N5O. The summed E-state index contributed by atoms with van der Waals surface area (Å²) in [5.41, 5.74) is 8.66. The van der Waals surface area contributed by atoms with Crippen LogP contribution in [0.3, 0.4) is 0 Å². The van der Waals surface area contributed by atoms with Gasteiger partial charge in [0.05, 0.1) is 17.6 Å². The van der Waals surface area contributed by atoms with Crippen LogP contribution in [0.25, 0.3) is 38.9 Å². The van der Waals surface area contributed by atoms with Crippen LogP contribution in [0.15, 0.2) is 71.5 Å². The van der Waals surface area contributed by atoms with Gasteiger partial charge in [-0.2, -0.15) is 0 Å². The van der Waals surface area contributed by atoms with E-state index in [1.807, 2.05) is 35.8 Å². The highest BCUT2D eigenvalue weighted by Gasteiger charge is 2.22. The molecule has 0 amide bonds. The van der Waals surface area contributed by atoms with Crippen LogP contribution >= 0.6 is 0 Å². The summed E-state index contributed by atoms with van der Waals surface area (Å²) in [6, 6.07) is 22.3. The second-order valence-corrected chi connectivity index (χ2v) is 9.30. The van der Waals surface area contributed by atoms with Crippen LogP contribution in [-0.4, -0.2) is 24.1 Å². The first-order valence-electron chi connectivity index (χ1n) is 11.7. The lowest BCUT2D eigenvalue weighted by Crippen LogP contribution is -2.24. The molecule has 0 N–H and O–H groups in total. The Morgan fingerprint density at radius 1 is 0.714 bits per heavy atom. The Kier molecular flexibility index (Phi) is 4.78. The quantitative estimate of drug-likeness (QED) is 0.347. The molecular weight excluding hydrogens is 434 g/mol. The Morgan fingerprint density at radius 3 is 2.06 bits per heavy atom. The summed E-state index contributed by atoms with van der Waals surface area (Å²) in [5, 5.41) is 0.495. The molecule has 0 fully saturated rings. The van der Waals surface area contributed by atoms with Gasteiger partial charge in [-0.3, -0.25) is 13.9 Å². The van der Waals surface area contributed by atoms with E-state index in [1.54, 1.807) is 4.57 Å². The molecule has 0 spiro atoms. The molecule has 0 unspecified atom stereocenters. The molecule has 0 saturated carbocycles. The van der Waals surface area contributed by atoms with E-state index in [0.29, 0.717) is 34.6 Å². The fraction of sp³-hybridized carbons (Fsp3) is 0.172. The van der Waals surface area contributed by atoms with Crippen molar-refractivity contribution in [2.24, 2.45) is 0 Å². The van der Waals surface area contributed by atoms with Crippen molar-refractivity contribution in [1.29, 1.82) is 0 Å². The SMILES string of the molecule is Cc1ccc(Cn2c(C)nc3c(c2=O)c2nc4ccccc4nc2n3-c2cc(C)cc(C)c2)cc1. The fourth-order valence-electron chi connectivity index (χ4n) is 4.82. The number of hydrogen-bond donors (Lipinski definition) is 0. The Labute approximate surface area is 202 Å². The number of hydrogen-bond acceptors (Lipinski definition) is 4. The van der Waals surface area contributed by atoms with Crippen LogP contribution in [0.2, 0.25) is 0 Å². The highest BCUT2D eigenvalue weighted by molar-refractivity contribution is 6.05. The molecule has 0 atom stereocenters. The molecule has 0 radical (unpaired) electrons. The van der Waals surface area contributed by atoms with Crippen molar-refractivity contribution < 1.29 is 0 Å². The van der Waals surface area contributed by atoms with Crippen molar-refractivity contribution in [3.8, 4) is 5.69 Å². The van der Waals surface area contributed by atoms with E-state index in [9.17, 15) is 4.79 Å². The van der Waals surface area contributed by atoms with Crippen LogP contribution in [0.4, 0.5) is 0 Å². The first kappa shape index (κ1) is 21.2. The van der Waals surface area contributed by atoms with E-state index in [1.165, 1.54) is 5.56 Å². The van der Waals surface area contributed by atoms with Crippen LogP contribution in [0.5, 0.6) is 0 Å². The minimum Gasteiger partial charge on any atom is -0.292 e. The van der Waals surface area contributed by atoms with Gasteiger partial charge in [-0.25, -0.2) is 15.0 Å². The number of aromatic nitrogens is 5. The van der Waals surface area contributed by atoms with Crippen molar-refractivity contribution in [1.82, 2.24) is 24.1 Å². The van der Waals surface area contributed by atoms with Gasteiger partial charge in [-0.1, -0.05) is 48.0 Å². The number of aryl methyl sites for hydroxylation is 4. The average molecular weight is 460 g/mol. The highest BCUT2D eigenvalue weighted by atomic mass is 16.1. The fourth-order valence-corrected chi connectivity index (χ4v) is 4.82. The average Bonchev–Trinajstić information content (AvgIpc) is 3.13. The van der Waals surface area contributed by atoms with E-state index in [0.717, 1.165) is 33.4 Å². The number of benzene rings is 3. The monoisotopic (exact) mass is 459 g/mol. The van der Waals surface area contributed by atoms with Crippen molar-refractivity contribution in [2.45, 2.75) is 34.2 Å². The van der Waals surface area contributed by atoms with Gasteiger partial charge in [0, 0.05) is 5.69 Å². The predicted octanol–water partition coefficient (Wildman–Crippen LogP) is 5.57. The molecule has 0 saturated heterocycles. The molecule has 172 valence electrons. The number of para-hydroxylation sites is 2. The summed E-state index contributed by atoms with van der Waals surface area (Å²) in [7, 11) is 0. The third-order valence-electron chi connectivity index (χ3n) is 6.48. The van der Waals surface area contributed by atoms with Gasteiger partial charge in [0.1, 0.15) is 16.7 Å². The Balaban J connectivity index is 1.72. The van der Waals surface area contributed by atoms with Crippen LogP contribution in [0.1, 0.15) is 28.1 Å². The second kappa shape index (κ2) is 7.87. The number of fused-ring (bicyclic) bond motifs is 4. The maximum absolute atomic E-state index is 14.0. The lowest BCUT2D eigenvalue weighted by molar-refractivity contribution is 0.711. The smallest absolute Gasteiger partial charge is 0.265 e. The van der Waals surface area contributed by atoms with Crippen LogP contribution in [0, 0.1) is 27.7 Å². The summed E-state index contributed by atoms with van der Waals surface area (Å²) in [6.07, 6.45) is 0. The summed E-state index contributed by atoms with van der Waals surface area (Å²) >= 11 is 0. The lowest BCUT2D eigenvalue weighted by atomic mass is 10.1. The Hall–Kier alpha value is -4.32. The van der Waals surface area contributed by atoms with Gasteiger partial charge >= 0.3 is 0 Å². The van der Waals surface area contributed by atoms with Gasteiger partial charge in [-0.15, -0.1) is 0 Å². The second-order valence-electron chi connectivity index (χ2n) is 9.30. The third kappa shape index (κ3) is 3.49. The number of rotatable bonds is 3. The molecule has 6 nitrogen and oxygen atoms in total. The van der Waals surface area contributed by atoms with E-state index in [4.69, 9.17) is 15.0 Å². The molecule has 6 heteroatoms. The zero-order chi connectivity index (χ0) is 24.3. The summed E-state index contributed by atoms with van der Waals surface area (Å²) in [4.78, 5) is 28.8. The third-order valence-corrected chi connectivity index (χ3v) is 6.48. The topological polar surface area (TPSA) is 65.6 Å². The molecule has 6 rings (SSSR count). The number of nitrogens with zero attached hydrogens (tertiary/aromatic N) is 5. The highest BCUT2D eigenvalue weighted by Crippen LogP contribution is 2.29. The first-order valence-corrected chi connectivity index (χ1v) is 11.7. The zero-order valence-corrected chi connectivity index (χ0v) is 20.2. The van der Waals surface area contributed by atoms with E-state index in [-0.39, 0.29) is 5.56 Å². The van der Waals surface area contributed by atoms with Crippen molar-refractivity contribution in [3.63, 3.8) is 0 Å². The maximum atomic E-state index is 14.0. The summed E-state index contributed by atoms with van der Waals surface area (Å²) in [5.74, 6) is 0.654. The van der Waals surface area contributed by atoms with Crippen molar-refractivity contribution in [3.05, 3.63) is 105 Å². The van der Waals surface area contributed by atoms with E-state index in [2.05, 4.69) is 63.2 Å². The summed E-state index contributed by atoms with van der Waals surface area (Å²) in [6.45, 7) is 8.53. The van der Waals surface area contributed by atoms with Crippen molar-refractivity contribution in [2.75, 3.05) is 0 Å². The molecule has 3 heterocycles. The van der Waals surface area contributed by atoms with Gasteiger partial charge in [0.2, 0.25) is 0 Å². The standard InChI is InChI=1S/C29H25N5O/c1-17-9-11-21(12-10-17)16-33-20(4)30-27-25(29(33)35)26-28(32-24-8-6-5-7-23(24)31-26)34(27)22-14-18(2)13-19(3)15-22/h5-15H,16H2,1-4H3. The molecule has 0 aliphatic carbocycles. The van der Waals surface area contributed by atoms with Gasteiger partial charge in [0.25, 0.3) is 5.56 Å². The molecule has 0 aliphatic rings. The predicted molar refractivity (Wildman–Crippen MR) is 140 cm³/mol. The Bertz CT molecular complexity index is 1810. The van der Waals surface area contributed by atoms with Crippen molar-refractivity contribution >= 4 is 33.2 Å². The van der Waals surface area contributed by atoms with E-state index >= 15 is 0 Å². The summed E-state index contributed by atoms with van der Waals surface area (Å²) < 4.78 is 3.71. The molecule has 35 heavy (non-hydrogen) atoms. The molecule has 0 bridgehead atoms. The maximum Gasteiger partial charge on any atom is 0.265 e. The minimum atomic E-state index is -0.106. The zero-order valence-electron chi connectivity index (χ0n) is 20.2. The van der Waals surface area contributed by atoms with Gasteiger partial charge in [-0.05, 0) is 68.7 Å².